The Bertz CT molecular complexity index is 1620. The predicted octanol–water partition coefficient (Wildman–Crippen LogP) is 7.28. The molecule has 8 heteroatoms. The van der Waals surface area contributed by atoms with Crippen molar-refractivity contribution >= 4 is 36.2 Å². The van der Waals surface area contributed by atoms with Crippen LogP contribution in [-0.2, 0) is 0 Å². The van der Waals surface area contributed by atoms with E-state index in [4.69, 9.17) is 0 Å². The number of aromatic carboxylic acids is 1. The fraction of sp³-hybridized carbons (Fsp3) is 0.429. The molecule has 2 aromatic rings. The molecule has 1 N–H and O–H groups in total. The number of fused-ring (bicyclic) bond motifs is 2. The monoisotopic (exact) mass is 605 g/mol. The molecule has 0 amide bonds. The highest BCUT2D eigenvalue weighted by molar-refractivity contribution is 6.98. The van der Waals surface area contributed by atoms with Crippen LogP contribution in [0.5, 0.6) is 0 Å². The zero-order valence-electron chi connectivity index (χ0n) is 25.3. The van der Waals surface area contributed by atoms with Crippen molar-refractivity contribution in [1.29, 1.82) is 0 Å². The Hall–Kier alpha value is -3.39. The van der Waals surface area contributed by atoms with Gasteiger partial charge in [0.2, 0.25) is 0 Å². The molecule has 1 aliphatic carbocycles. The normalized spacial score (nSPS) is 20.3. The second-order valence-electron chi connectivity index (χ2n) is 12.9. The van der Waals surface area contributed by atoms with E-state index in [9.17, 15) is 14.3 Å². The molecule has 2 saturated heterocycles. The van der Waals surface area contributed by atoms with Crippen molar-refractivity contribution in [3.05, 3.63) is 86.9 Å². The molecule has 226 valence electrons. The van der Waals surface area contributed by atoms with E-state index in [1.54, 1.807) is 0 Å². The number of carboxylic acid groups (broad SMARTS) is 1. The largest absolute Gasteiger partial charge is 0.478 e. The molecule has 0 saturated carbocycles. The summed E-state index contributed by atoms with van der Waals surface area (Å²) in [5.74, 6) is -5.71. The average molecular weight is 606 g/mol. The van der Waals surface area contributed by atoms with E-state index >= 15 is 8.78 Å². The first kappa shape index (κ1) is 29.7. The lowest BCUT2D eigenvalue weighted by molar-refractivity contribution is -0.524. The molecule has 0 aromatic heterocycles. The second kappa shape index (κ2) is 11.6. The molecule has 0 radical (unpaired) electrons. The van der Waals surface area contributed by atoms with E-state index < -0.39 is 42.6 Å². The summed E-state index contributed by atoms with van der Waals surface area (Å²) in [5, 5.41) is 12.2. The summed E-state index contributed by atoms with van der Waals surface area (Å²) in [6.45, 7) is 9.59. The number of anilines is 1. The highest BCUT2D eigenvalue weighted by Crippen LogP contribution is 2.45. The van der Waals surface area contributed by atoms with Gasteiger partial charge in [-0.15, -0.1) is 0 Å². The third-order valence-electron chi connectivity index (χ3n) is 9.84. The minimum atomic E-state index is -2.43. The molecule has 0 bridgehead atoms. The fourth-order valence-electron chi connectivity index (χ4n) is 7.36. The van der Waals surface area contributed by atoms with Crippen molar-refractivity contribution in [2.75, 3.05) is 31.1 Å². The number of carbonyl (C=O) groups is 1. The molecule has 4 aliphatic rings. The van der Waals surface area contributed by atoms with E-state index in [1.165, 1.54) is 25.7 Å². The van der Waals surface area contributed by atoms with Crippen molar-refractivity contribution in [2.45, 2.75) is 71.4 Å². The van der Waals surface area contributed by atoms with Gasteiger partial charge >= 0.3 is 5.97 Å². The summed E-state index contributed by atoms with van der Waals surface area (Å²) in [4.78, 5) is 14.9. The first-order valence-electron chi connectivity index (χ1n) is 15.7. The van der Waals surface area contributed by atoms with Gasteiger partial charge in [-0.25, -0.2) is 22.5 Å². The molecule has 6 rings (SSSR count). The van der Waals surface area contributed by atoms with Gasteiger partial charge in [0.15, 0.2) is 17.3 Å². The van der Waals surface area contributed by atoms with E-state index in [0.29, 0.717) is 16.7 Å². The number of hydrogen-bond donors (Lipinski definition) is 1. The summed E-state index contributed by atoms with van der Waals surface area (Å²) in [5.41, 5.74) is 2.11. The van der Waals surface area contributed by atoms with E-state index in [2.05, 4.69) is 34.7 Å². The van der Waals surface area contributed by atoms with Crippen LogP contribution in [0.1, 0.15) is 78.4 Å². The molecule has 0 unspecified atom stereocenters. The highest BCUT2D eigenvalue weighted by atomic mass is 28.3. The van der Waals surface area contributed by atoms with Gasteiger partial charge in [-0.1, -0.05) is 32.0 Å². The number of halogens is 3. The Balaban J connectivity index is 1.66. The third-order valence-corrected chi connectivity index (χ3v) is 13.4. The van der Waals surface area contributed by atoms with Gasteiger partial charge in [0.25, 0.3) is 0 Å². The third kappa shape index (κ3) is 5.11. The Labute approximate surface area is 252 Å². The smallest absolute Gasteiger partial charge is 0.339 e. The maximum absolute atomic E-state index is 16.2. The topological polar surface area (TPSA) is 43.5 Å². The average Bonchev–Trinajstić information content (AvgIpc) is 3.44. The predicted molar refractivity (Wildman–Crippen MR) is 169 cm³/mol. The van der Waals surface area contributed by atoms with Crippen LogP contribution >= 0.6 is 0 Å². The Morgan fingerprint density at radius 1 is 0.884 bits per heavy atom. The maximum atomic E-state index is 16.2. The molecular weight excluding hydrogens is 565 g/mol. The van der Waals surface area contributed by atoms with Crippen molar-refractivity contribution in [3.8, 4) is 0 Å². The van der Waals surface area contributed by atoms with Crippen LogP contribution in [0.2, 0.25) is 13.1 Å². The van der Waals surface area contributed by atoms with Crippen molar-refractivity contribution < 1.29 is 27.6 Å². The summed E-state index contributed by atoms with van der Waals surface area (Å²) in [6.07, 6.45) is 15.5. The Morgan fingerprint density at radius 3 is 2.19 bits per heavy atom. The maximum Gasteiger partial charge on any atom is 0.339 e. The van der Waals surface area contributed by atoms with E-state index in [1.807, 2.05) is 24.3 Å². The van der Waals surface area contributed by atoms with Gasteiger partial charge < -0.3 is 10.0 Å². The minimum absolute atomic E-state index is 0.332. The van der Waals surface area contributed by atoms with Crippen LogP contribution in [0.25, 0.3) is 5.57 Å². The van der Waals surface area contributed by atoms with Gasteiger partial charge in [-0.05, 0) is 77.9 Å². The van der Waals surface area contributed by atoms with Gasteiger partial charge in [0, 0.05) is 54.9 Å². The first-order valence-corrected chi connectivity index (χ1v) is 18.7. The summed E-state index contributed by atoms with van der Waals surface area (Å²) in [7, 11) is -2.43. The van der Waals surface area contributed by atoms with Crippen LogP contribution in [0.15, 0.2) is 47.2 Å². The molecular formula is C35H40F3N2O2Si+. The lowest BCUT2D eigenvalue weighted by Crippen LogP contribution is -2.50. The van der Waals surface area contributed by atoms with Gasteiger partial charge in [-0.2, -0.15) is 0 Å². The molecule has 4 nitrogen and oxygen atoms in total. The Morgan fingerprint density at radius 2 is 1.53 bits per heavy atom. The lowest BCUT2D eigenvalue weighted by atomic mass is 9.85. The summed E-state index contributed by atoms with van der Waals surface area (Å²) >= 11 is 0. The van der Waals surface area contributed by atoms with Crippen LogP contribution in [0.3, 0.4) is 0 Å². The fourth-order valence-corrected chi connectivity index (χ4v) is 10.4. The highest BCUT2D eigenvalue weighted by Gasteiger charge is 2.43. The number of rotatable bonds is 3. The summed E-state index contributed by atoms with van der Waals surface area (Å²) in [6, 6.07) is 6.18. The van der Waals surface area contributed by atoms with Crippen LogP contribution in [0, 0.1) is 24.4 Å². The van der Waals surface area contributed by atoms with Crippen LogP contribution in [-0.4, -0.2) is 55.6 Å². The number of hydrogen-bond acceptors (Lipinski definition) is 2. The molecule has 2 fully saturated rings. The zero-order valence-corrected chi connectivity index (χ0v) is 26.3. The first-order chi connectivity index (χ1) is 20.6. The van der Waals surface area contributed by atoms with Crippen molar-refractivity contribution in [3.63, 3.8) is 0 Å². The quantitative estimate of drug-likeness (QED) is 0.227. The summed E-state index contributed by atoms with van der Waals surface area (Å²) < 4.78 is 48.7. The Kier molecular flexibility index (Phi) is 8.00. The van der Waals surface area contributed by atoms with Gasteiger partial charge in [-0.3, -0.25) is 0 Å². The van der Waals surface area contributed by atoms with Gasteiger partial charge in [0.05, 0.1) is 0 Å². The number of nitrogens with zero attached hydrogens (tertiary/aromatic N) is 2. The molecule has 3 aliphatic heterocycles. The molecule has 0 spiro atoms. The molecule has 2 aromatic carbocycles. The van der Waals surface area contributed by atoms with Crippen molar-refractivity contribution in [2.24, 2.45) is 0 Å². The zero-order chi connectivity index (χ0) is 30.5. The molecule has 0 atom stereocenters. The van der Waals surface area contributed by atoms with E-state index in [0.717, 1.165) is 80.6 Å². The lowest BCUT2D eigenvalue weighted by Gasteiger charge is -2.39. The SMILES string of the molecule is Cc1c(F)c(F)c(C(=O)O)c(C2=C3C=CC(=[N+]4CCCCCC4)C=C3[Si](C)(C)c3cc(N4CCCCCC4)ccc32)c1F. The van der Waals surface area contributed by atoms with Gasteiger partial charge in [0.1, 0.15) is 32.5 Å². The number of benzene rings is 2. The molecule has 3 heterocycles. The minimum Gasteiger partial charge on any atom is -0.478 e. The standard InChI is InChI=1S/C35H39F3N2O2Si/c1-22-32(36)30(31(35(41)42)34(38)33(22)37)29-25-14-12-23(39-16-8-4-5-9-17-39)20-27(25)43(2,3)28-21-24(13-15-26(28)29)40-18-10-6-7-11-19-40/h12-15,20-21H,4-11,16-19H2,1-3H3/p+1. The second-order valence-corrected chi connectivity index (χ2v) is 17.2. The van der Waals surface area contributed by atoms with Crippen LogP contribution in [0.4, 0.5) is 18.9 Å². The van der Waals surface area contributed by atoms with Crippen LogP contribution < -0.4 is 10.1 Å². The number of allylic oxidation sites excluding steroid dienone is 5. The van der Waals surface area contributed by atoms with E-state index in [-0.39, 0.29) is 5.56 Å². The number of carboxylic acids is 1. The van der Waals surface area contributed by atoms with Crippen molar-refractivity contribution in [1.82, 2.24) is 0 Å². The molecule has 43 heavy (non-hydrogen) atoms.